The highest BCUT2D eigenvalue weighted by Crippen LogP contribution is 2.20. The summed E-state index contributed by atoms with van der Waals surface area (Å²) in [6.07, 6.45) is 0.532. The first-order chi connectivity index (χ1) is 13.8. The third-order valence-corrected chi connectivity index (χ3v) is 4.51. The lowest BCUT2D eigenvalue weighted by molar-refractivity contribution is -0.385. The van der Waals surface area contributed by atoms with Crippen LogP contribution >= 0.6 is 0 Å². The van der Waals surface area contributed by atoms with E-state index in [1.165, 1.54) is 47.4 Å². The lowest BCUT2D eigenvalue weighted by Gasteiger charge is -2.29. The molecule has 0 bridgehead atoms. The van der Waals surface area contributed by atoms with E-state index in [1.807, 2.05) is 6.92 Å². The molecule has 0 aliphatic rings. The van der Waals surface area contributed by atoms with E-state index in [4.69, 9.17) is 0 Å². The van der Waals surface area contributed by atoms with Gasteiger partial charge >= 0.3 is 0 Å². The van der Waals surface area contributed by atoms with Crippen molar-refractivity contribution in [3.63, 3.8) is 0 Å². The molecule has 0 aromatic heterocycles. The normalized spacial score (nSPS) is 11.6. The molecule has 0 fully saturated rings. The maximum absolute atomic E-state index is 13.2. The summed E-state index contributed by atoms with van der Waals surface area (Å²) in [7, 11) is 0. The molecule has 0 aliphatic heterocycles. The summed E-state index contributed by atoms with van der Waals surface area (Å²) in [6.45, 7) is 4.08. The van der Waals surface area contributed by atoms with Crippen molar-refractivity contribution < 1.29 is 18.9 Å². The zero-order valence-electron chi connectivity index (χ0n) is 16.4. The van der Waals surface area contributed by atoms with E-state index in [0.29, 0.717) is 12.1 Å². The summed E-state index contributed by atoms with van der Waals surface area (Å²) in [5.74, 6) is -1.15. The Morgan fingerprint density at radius 3 is 2.45 bits per heavy atom. The molecule has 0 unspecified atom stereocenters. The van der Waals surface area contributed by atoms with Gasteiger partial charge in [0.2, 0.25) is 11.8 Å². The molecule has 1 atom stereocenters. The Morgan fingerprint density at radius 1 is 1.17 bits per heavy atom. The second-order valence-electron chi connectivity index (χ2n) is 6.68. The average Bonchev–Trinajstić information content (AvgIpc) is 2.71. The van der Waals surface area contributed by atoms with E-state index in [1.54, 1.807) is 13.0 Å². The molecule has 2 amide bonds. The molecule has 0 aliphatic carbocycles. The number of carbonyl (C=O) groups is 2. The predicted octanol–water partition coefficient (Wildman–Crippen LogP) is 3.22. The van der Waals surface area contributed by atoms with Crippen LogP contribution in [0.5, 0.6) is 0 Å². The van der Waals surface area contributed by atoms with Crippen LogP contribution in [0.15, 0.2) is 48.5 Å². The standard InChI is InChI=1S/C21H24FN3O4/c1-3-12-23-21(27)15(2)24(14-16-8-10-18(22)11-9-16)20(26)13-17-6-4-5-7-19(17)25(28)29/h4-11,15H,3,12-14H2,1-2H3,(H,23,27)/t15-/m0/s1. The second kappa shape index (κ2) is 10.3. The summed E-state index contributed by atoms with van der Waals surface area (Å²) < 4.78 is 13.2. The number of halogens is 1. The Kier molecular flexibility index (Phi) is 7.82. The monoisotopic (exact) mass is 401 g/mol. The summed E-state index contributed by atoms with van der Waals surface area (Å²) in [5.41, 5.74) is 0.774. The second-order valence-corrected chi connectivity index (χ2v) is 6.68. The van der Waals surface area contributed by atoms with Crippen LogP contribution in [0, 0.1) is 15.9 Å². The highest BCUT2D eigenvalue weighted by atomic mass is 19.1. The maximum atomic E-state index is 13.2. The van der Waals surface area contributed by atoms with Gasteiger partial charge in [0.25, 0.3) is 5.69 Å². The molecule has 2 aromatic carbocycles. The number of benzene rings is 2. The maximum Gasteiger partial charge on any atom is 0.273 e. The number of nitro benzene ring substituents is 1. The summed E-state index contributed by atoms with van der Waals surface area (Å²) in [5, 5.41) is 14.0. The molecular formula is C21H24FN3O4. The van der Waals surface area contributed by atoms with Crippen molar-refractivity contribution in [1.82, 2.24) is 10.2 Å². The fraction of sp³-hybridized carbons (Fsp3) is 0.333. The predicted molar refractivity (Wildman–Crippen MR) is 107 cm³/mol. The number of hydrogen-bond acceptors (Lipinski definition) is 4. The van der Waals surface area contributed by atoms with Crippen molar-refractivity contribution in [3.05, 3.63) is 75.6 Å². The van der Waals surface area contributed by atoms with Gasteiger partial charge in [-0.1, -0.05) is 37.3 Å². The van der Waals surface area contributed by atoms with Gasteiger partial charge in [0.1, 0.15) is 11.9 Å². The van der Waals surface area contributed by atoms with Crippen LogP contribution in [0.1, 0.15) is 31.4 Å². The molecule has 0 saturated heterocycles. The van der Waals surface area contributed by atoms with Crippen molar-refractivity contribution >= 4 is 17.5 Å². The van der Waals surface area contributed by atoms with E-state index < -0.39 is 22.7 Å². The molecular weight excluding hydrogens is 377 g/mol. The lowest BCUT2D eigenvalue weighted by Crippen LogP contribution is -2.48. The Balaban J connectivity index is 2.27. The van der Waals surface area contributed by atoms with Gasteiger partial charge in [0.05, 0.1) is 11.3 Å². The Bertz CT molecular complexity index is 870. The molecule has 8 heteroatoms. The minimum atomic E-state index is -0.790. The van der Waals surface area contributed by atoms with Gasteiger partial charge in [0, 0.05) is 24.7 Å². The number of nitrogens with zero attached hydrogens (tertiary/aromatic N) is 2. The zero-order chi connectivity index (χ0) is 21.4. The first-order valence-corrected chi connectivity index (χ1v) is 9.37. The van der Waals surface area contributed by atoms with Crippen molar-refractivity contribution in [2.45, 2.75) is 39.3 Å². The van der Waals surface area contributed by atoms with E-state index in [2.05, 4.69) is 5.32 Å². The summed E-state index contributed by atoms with van der Waals surface area (Å²) >= 11 is 0. The van der Waals surface area contributed by atoms with Crippen molar-refractivity contribution in [2.75, 3.05) is 6.54 Å². The molecule has 1 N–H and O–H groups in total. The minimum absolute atomic E-state index is 0.0838. The minimum Gasteiger partial charge on any atom is -0.354 e. The van der Waals surface area contributed by atoms with Crippen molar-refractivity contribution in [3.8, 4) is 0 Å². The fourth-order valence-electron chi connectivity index (χ4n) is 2.87. The van der Waals surface area contributed by atoms with E-state index in [9.17, 15) is 24.1 Å². The molecule has 2 rings (SSSR count). The smallest absolute Gasteiger partial charge is 0.273 e. The molecule has 7 nitrogen and oxygen atoms in total. The van der Waals surface area contributed by atoms with Crippen LogP contribution < -0.4 is 5.32 Å². The van der Waals surface area contributed by atoms with Gasteiger partial charge in [-0.3, -0.25) is 19.7 Å². The SMILES string of the molecule is CCCNC(=O)[C@H](C)N(Cc1ccc(F)cc1)C(=O)Cc1ccccc1[N+](=O)[O-]. The number of hydrogen-bond donors (Lipinski definition) is 1. The molecule has 0 radical (unpaired) electrons. The molecule has 2 aromatic rings. The van der Waals surface area contributed by atoms with Crippen molar-refractivity contribution in [2.24, 2.45) is 0 Å². The third-order valence-electron chi connectivity index (χ3n) is 4.51. The van der Waals surface area contributed by atoms with Crippen LogP contribution in [0.2, 0.25) is 0 Å². The van der Waals surface area contributed by atoms with E-state index in [-0.39, 0.29) is 30.1 Å². The quantitative estimate of drug-likeness (QED) is 0.516. The van der Waals surface area contributed by atoms with E-state index >= 15 is 0 Å². The molecule has 29 heavy (non-hydrogen) atoms. The molecule has 0 spiro atoms. The fourth-order valence-corrected chi connectivity index (χ4v) is 2.87. The van der Waals surface area contributed by atoms with Gasteiger partial charge in [-0.2, -0.15) is 0 Å². The molecule has 0 heterocycles. The van der Waals surface area contributed by atoms with Crippen LogP contribution in [-0.4, -0.2) is 34.2 Å². The third kappa shape index (κ3) is 6.10. The number of amides is 2. The average molecular weight is 401 g/mol. The first-order valence-electron chi connectivity index (χ1n) is 9.37. The summed E-state index contributed by atoms with van der Waals surface area (Å²) in [6, 6.07) is 10.9. The number of nitro groups is 1. The van der Waals surface area contributed by atoms with Crippen LogP contribution in [0.4, 0.5) is 10.1 Å². The van der Waals surface area contributed by atoms with E-state index in [0.717, 1.165) is 6.42 Å². The van der Waals surface area contributed by atoms with Crippen molar-refractivity contribution in [1.29, 1.82) is 0 Å². The molecule has 154 valence electrons. The van der Waals surface area contributed by atoms with Gasteiger partial charge < -0.3 is 10.2 Å². The largest absolute Gasteiger partial charge is 0.354 e. The Labute approximate surface area is 168 Å². The Morgan fingerprint density at radius 2 is 1.83 bits per heavy atom. The first kappa shape index (κ1) is 22.0. The Hall–Kier alpha value is -3.29. The highest BCUT2D eigenvalue weighted by molar-refractivity contribution is 5.88. The number of carbonyl (C=O) groups excluding carboxylic acids is 2. The number of rotatable bonds is 9. The van der Waals surface area contributed by atoms with Crippen LogP contribution in [0.3, 0.4) is 0 Å². The number of para-hydroxylation sites is 1. The zero-order valence-corrected chi connectivity index (χ0v) is 16.4. The van der Waals surface area contributed by atoms with Gasteiger partial charge in [-0.05, 0) is 31.0 Å². The lowest BCUT2D eigenvalue weighted by atomic mass is 10.1. The van der Waals surface area contributed by atoms with Crippen LogP contribution in [0.25, 0.3) is 0 Å². The number of nitrogens with one attached hydrogen (secondary N) is 1. The van der Waals surface area contributed by atoms with Gasteiger partial charge in [-0.15, -0.1) is 0 Å². The van der Waals surface area contributed by atoms with Crippen LogP contribution in [-0.2, 0) is 22.6 Å². The molecule has 0 saturated carbocycles. The highest BCUT2D eigenvalue weighted by Gasteiger charge is 2.27. The topological polar surface area (TPSA) is 92.6 Å². The van der Waals surface area contributed by atoms with Gasteiger partial charge in [-0.25, -0.2) is 4.39 Å². The van der Waals surface area contributed by atoms with Gasteiger partial charge in [0.15, 0.2) is 0 Å². The summed E-state index contributed by atoms with van der Waals surface area (Å²) in [4.78, 5) is 37.5.